The molecule has 0 atom stereocenters. The van der Waals surface area contributed by atoms with Gasteiger partial charge in [-0.2, -0.15) is 0 Å². The van der Waals surface area contributed by atoms with Gasteiger partial charge in [0.05, 0.1) is 0 Å². The Kier molecular flexibility index (Phi) is 10.4. The van der Waals surface area contributed by atoms with Crippen LogP contribution >= 0.6 is 11.3 Å². The van der Waals surface area contributed by atoms with Crippen LogP contribution in [0.1, 0.15) is 29.8 Å². The minimum Gasteiger partial charge on any atom is -0.508 e. The molecular formula is C31H34FN5O3S. The Bertz CT molecular complexity index is 1400. The first-order valence-corrected chi connectivity index (χ1v) is 14.5. The predicted molar refractivity (Wildman–Crippen MR) is 162 cm³/mol. The van der Waals surface area contributed by atoms with E-state index in [1.165, 1.54) is 41.3 Å². The molecule has 0 saturated carbocycles. The highest BCUT2D eigenvalue weighted by Crippen LogP contribution is 2.30. The zero-order valence-corrected chi connectivity index (χ0v) is 24.0. The number of amides is 2. The van der Waals surface area contributed by atoms with E-state index in [-0.39, 0.29) is 29.9 Å². The van der Waals surface area contributed by atoms with E-state index in [0.717, 1.165) is 42.9 Å². The van der Waals surface area contributed by atoms with Gasteiger partial charge in [-0.3, -0.25) is 9.59 Å². The van der Waals surface area contributed by atoms with Crippen molar-refractivity contribution in [2.45, 2.75) is 20.4 Å². The molecule has 0 unspecified atom stereocenters. The number of anilines is 2. The van der Waals surface area contributed by atoms with E-state index in [4.69, 9.17) is 5.11 Å². The first kappa shape index (κ1) is 29.7. The Morgan fingerprint density at radius 1 is 1.02 bits per heavy atom. The summed E-state index contributed by atoms with van der Waals surface area (Å²) in [4.78, 5) is 33.2. The van der Waals surface area contributed by atoms with Crippen LogP contribution in [0, 0.1) is 5.82 Å². The highest BCUT2D eigenvalue weighted by atomic mass is 32.1. The molecule has 0 aliphatic carbocycles. The quantitative estimate of drug-likeness (QED) is 0.296. The highest BCUT2D eigenvalue weighted by molar-refractivity contribution is 7.13. The van der Waals surface area contributed by atoms with Crippen LogP contribution < -0.4 is 15.5 Å². The average Bonchev–Trinajstić information content (AvgIpc) is 3.63. The predicted octanol–water partition coefficient (Wildman–Crippen LogP) is 5.37. The van der Waals surface area contributed by atoms with E-state index in [0.29, 0.717) is 17.2 Å². The molecule has 2 amide bonds. The number of aromatic nitrogens is 1. The summed E-state index contributed by atoms with van der Waals surface area (Å²) >= 11 is 1.35. The van der Waals surface area contributed by atoms with Crippen LogP contribution in [0.3, 0.4) is 0 Å². The van der Waals surface area contributed by atoms with Crippen molar-refractivity contribution in [2.75, 3.05) is 42.9 Å². The lowest BCUT2D eigenvalue weighted by molar-refractivity contribution is -0.116. The number of rotatable bonds is 5. The molecule has 0 spiro atoms. The number of fused-ring (bicyclic) bond motifs is 1. The minimum atomic E-state index is -0.331. The lowest BCUT2D eigenvalue weighted by Crippen LogP contribution is -2.43. The van der Waals surface area contributed by atoms with Gasteiger partial charge in [0.2, 0.25) is 5.91 Å². The van der Waals surface area contributed by atoms with Gasteiger partial charge in [-0.15, -0.1) is 11.3 Å². The fraction of sp³-hybridized carbons (Fsp3) is 0.258. The van der Waals surface area contributed by atoms with Gasteiger partial charge in [0.15, 0.2) is 5.13 Å². The largest absolute Gasteiger partial charge is 0.508 e. The maximum absolute atomic E-state index is 12.9. The molecule has 6 rings (SSSR count). The Morgan fingerprint density at radius 2 is 1.71 bits per heavy atom. The summed E-state index contributed by atoms with van der Waals surface area (Å²) in [7, 11) is 0. The molecule has 3 heterocycles. The van der Waals surface area contributed by atoms with Crippen molar-refractivity contribution in [1.82, 2.24) is 15.2 Å². The number of nitrogens with zero attached hydrogens (tertiary/aromatic N) is 3. The topological polar surface area (TPSA) is 97.8 Å². The van der Waals surface area contributed by atoms with Crippen molar-refractivity contribution in [3.8, 4) is 16.9 Å². The molecule has 1 aromatic heterocycles. The Balaban J connectivity index is 0.000000332. The molecule has 1 saturated heterocycles. The van der Waals surface area contributed by atoms with E-state index in [2.05, 4.69) is 44.8 Å². The SMILES string of the molecule is CC.O=C(CN1Cc2ccc(-c3ccc(N4CCNCC4)cc3)cc2C1=O)Nc1nccs1.Oc1ccc(F)cc1. The third-order valence-electron chi connectivity index (χ3n) is 6.51. The smallest absolute Gasteiger partial charge is 0.254 e. The third kappa shape index (κ3) is 7.90. The van der Waals surface area contributed by atoms with Crippen molar-refractivity contribution in [2.24, 2.45) is 0 Å². The lowest BCUT2D eigenvalue weighted by atomic mass is 10.00. The third-order valence-corrected chi connectivity index (χ3v) is 7.20. The normalized spacial score (nSPS) is 13.9. The Hall–Kier alpha value is -4.28. The number of benzene rings is 3. The van der Waals surface area contributed by atoms with E-state index < -0.39 is 0 Å². The van der Waals surface area contributed by atoms with Crippen LogP contribution in [0.2, 0.25) is 0 Å². The van der Waals surface area contributed by atoms with E-state index in [1.807, 2.05) is 32.0 Å². The zero-order chi connectivity index (χ0) is 29.2. The fourth-order valence-corrected chi connectivity index (χ4v) is 5.06. The number of aromatic hydroxyl groups is 1. The van der Waals surface area contributed by atoms with E-state index >= 15 is 0 Å². The summed E-state index contributed by atoms with van der Waals surface area (Å²) in [6, 6.07) is 19.5. The average molecular weight is 576 g/mol. The van der Waals surface area contributed by atoms with Gasteiger partial charge in [-0.05, 0) is 59.2 Å². The molecular weight excluding hydrogens is 541 g/mol. The molecule has 2 aliphatic heterocycles. The van der Waals surface area contributed by atoms with Gasteiger partial charge in [0, 0.05) is 55.6 Å². The van der Waals surface area contributed by atoms with Crippen molar-refractivity contribution in [3.63, 3.8) is 0 Å². The van der Waals surface area contributed by atoms with Crippen LogP contribution in [-0.4, -0.2) is 59.5 Å². The second-order valence-electron chi connectivity index (χ2n) is 9.18. The molecule has 4 aromatic rings. The zero-order valence-electron chi connectivity index (χ0n) is 23.1. The van der Waals surface area contributed by atoms with Crippen LogP contribution in [0.5, 0.6) is 5.75 Å². The molecule has 1 fully saturated rings. The van der Waals surface area contributed by atoms with Crippen molar-refractivity contribution < 1.29 is 19.1 Å². The maximum atomic E-state index is 12.9. The van der Waals surface area contributed by atoms with Gasteiger partial charge in [0.25, 0.3) is 5.91 Å². The summed E-state index contributed by atoms with van der Waals surface area (Å²) in [5, 5.41) is 17.0. The molecule has 0 bridgehead atoms. The van der Waals surface area contributed by atoms with Gasteiger partial charge in [-0.25, -0.2) is 9.37 Å². The van der Waals surface area contributed by atoms with Crippen LogP contribution in [0.4, 0.5) is 15.2 Å². The second kappa shape index (κ2) is 14.4. The lowest BCUT2D eigenvalue weighted by Gasteiger charge is -2.29. The fourth-order valence-electron chi connectivity index (χ4n) is 4.51. The van der Waals surface area contributed by atoms with E-state index in [1.54, 1.807) is 16.5 Å². The van der Waals surface area contributed by atoms with Crippen molar-refractivity contribution in [1.29, 1.82) is 0 Å². The number of thiazole rings is 1. The number of carbonyl (C=O) groups excluding carboxylic acids is 2. The van der Waals surface area contributed by atoms with Gasteiger partial charge in [-0.1, -0.05) is 38.1 Å². The summed E-state index contributed by atoms with van der Waals surface area (Å²) in [5.41, 5.74) is 4.93. The van der Waals surface area contributed by atoms with Crippen LogP contribution in [-0.2, 0) is 11.3 Å². The highest BCUT2D eigenvalue weighted by Gasteiger charge is 2.29. The number of carbonyl (C=O) groups is 2. The maximum Gasteiger partial charge on any atom is 0.254 e. The monoisotopic (exact) mass is 575 g/mol. The summed E-state index contributed by atoms with van der Waals surface area (Å²) in [6.45, 7) is 8.50. The summed E-state index contributed by atoms with van der Waals surface area (Å²) in [5.74, 6) is -0.586. The Morgan fingerprint density at radius 3 is 2.34 bits per heavy atom. The first-order chi connectivity index (χ1) is 20.0. The summed E-state index contributed by atoms with van der Waals surface area (Å²) in [6.07, 6.45) is 1.63. The van der Waals surface area contributed by atoms with Gasteiger partial charge >= 0.3 is 0 Å². The number of nitrogens with one attached hydrogen (secondary N) is 2. The van der Waals surface area contributed by atoms with Crippen LogP contribution in [0.15, 0.2) is 78.3 Å². The number of halogens is 1. The number of hydrogen-bond acceptors (Lipinski definition) is 7. The Labute approximate surface area is 243 Å². The van der Waals surface area contributed by atoms with E-state index in [9.17, 15) is 14.0 Å². The van der Waals surface area contributed by atoms with Gasteiger partial charge < -0.3 is 25.5 Å². The molecule has 10 heteroatoms. The van der Waals surface area contributed by atoms with Gasteiger partial charge in [0.1, 0.15) is 18.1 Å². The molecule has 2 aliphatic rings. The first-order valence-electron chi connectivity index (χ1n) is 13.6. The molecule has 0 radical (unpaired) electrons. The standard InChI is InChI=1S/C23H23N5O2S.C6H5FO.C2H6/c29-21(26-23-25-9-12-31-23)15-28-14-18-2-1-17(13-20(18)22(28)30)16-3-5-19(6-4-16)27-10-7-24-8-11-27;7-5-1-3-6(8)4-2-5;1-2/h1-6,9,12-13,24H,7-8,10-11,14-15H2,(H,25,26,29);1-4,8H;1-2H3. The molecule has 8 nitrogen and oxygen atoms in total. The molecule has 41 heavy (non-hydrogen) atoms. The second-order valence-corrected chi connectivity index (χ2v) is 10.1. The molecule has 3 N–H and O–H groups in total. The number of hydrogen-bond donors (Lipinski definition) is 3. The number of phenols is 1. The molecule has 3 aromatic carbocycles. The van der Waals surface area contributed by atoms with Crippen molar-refractivity contribution in [3.05, 3.63) is 95.3 Å². The van der Waals surface area contributed by atoms with Crippen molar-refractivity contribution >= 4 is 34.0 Å². The molecule has 214 valence electrons. The minimum absolute atomic E-state index is 0.0157. The number of phenolic OH excluding ortho intramolecular Hbond substituents is 1. The van der Waals surface area contributed by atoms with Crippen LogP contribution in [0.25, 0.3) is 11.1 Å². The summed E-state index contributed by atoms with van der Waals surface area (Å²) < 4.78 is 12.0. The number of piperazine rings is 1.